The van der Waals surface area contributed by atoms with Gasteiger partial charge in [-0.15, -0.1) is 4.73 Å². The van der Waals surface area contributed by atoms with E-state index in [1.807, 2.05) is 0 Å². The normalized spacial score (nSPS) is 10.9. The average molecular weight is 416 g/mol. The molecule has 0 saturated carbocycles. The van der Waals surface area contributed by atoms with Crippen molar-refractivity contribution in [2.45, 2.75) is 71.1 Å². The maximum absolute atomic E-state index is 11.4. The van der Waals surface area contributed by atoms with Crippen LogP contribution in [0.15, 0.2) is 12.1 Å². The van der Waals surface area contributed by atoms with E-state index in [0.717, 1.165) is 13.0 Å². The molecule has 8 nitrogen and oxygen atoms in total. The van der Waals surface area contributed by atoms with E-state index < -0.39 is 17.9 Å². The molecule has 0 aromatic carbocycles. The molecule has 0 saturated heterocycles. The minimum absolute atomic E-state index is 0.0000696. The molecule has 1 aromatic rings. The van der Waals surface area contributed by atoms with E-state index in [1.54, 1.807) is 0 Å². The molecule has 29 heavy (non-hydrogen) atoms. The number of carbonyl (C=O) groups is 1. The predicted molar refractivity (Wildman–Crippen MR) is 109 cm³/mol. The van der Waals surface area contributed by atoms with Crippen LogP contribution in [0.1, 0.15) is 71.1 Å². The summed E-state index contributed by atoms with van der Waals surface area (Å²) in [4.78, 5) is 16.0. The van der Waals surface area contributed by atoms with Gasteiger partial charge in [-0.05, 0) is 6.42 Å². The summed E-state index contributed by atoms with van der Waals surface area (Å²) in [7, 11) is 0. The van der Waals surface area contributed by atoms with E-state index in [2.05, 4.69) is 11.8 Å². The molecular formula is C21H37NO7. The largest absolute Gasteiger partial charge is 0.534 e. The predicted octanol–water partition coefficient (Wildman–Crippen LogP) is 4.42. The van der Waals surface area contributed by atoms with Crippen LogP contribution in [0, 0.1) is 0 Å². The lowest BCUT2D eigenvalue weighted by Crippen LogP contribution is -2.22. The lowest BCUT2D eigenvalue weighted by molar-refractivity contribution is 0.00195. The van der Waals surface area contributed by atoms with Crippen LogP contribution in [-0.4, -0.2) is 54.1 Å². The van der Waals surface area contributed by atoms with Crippen molar-refractivity contribution in [2.75, 3.05) is 33.0 Å². The van der Waals surface area contributed by atoms with E-state index in [4.69, 9.17) is 14.2 Å². The maximum Gasteiger partial charge on any atom is 0.534 e. The quantitative estimate of drug-likeness (QED) is 0.270. The fourth-order valence-corrected chi connectivity index (χ4v) is 2.79. The Morgan fingerprint density at radius 2 is 1.24 bits per heavy atom. The highest BCUT2D eigenvalue weighted by atomic mass is 16.8. The van der Waals surface area contributed by atoms with Crippen LogP contribution >= 0.6 is 0 Å². The highest BCUT2D eigenvalue weighted by Crippen LogP contribution is 2.18. The summed E-state index contributed by atoms with van der Waals surface area (Å²) in [6, 6.07) is 2.36. The molecule has 1 heterocycles. The number of carbonyl (C=O) groups excluding carboxylic acids is 1. The molecule has 8 heteroatoms. The van der Waals surface area contributed by atoms with Gasteiger partial charge in [-0.25, -0.2) is 4.79 Å². The highest BCUT2D eigenvalue weighted by Gasteiger charge is 2.12. The number of aromatic nitrogens is 1. The third-order valence-corrected chi connectivity index (χ3v) is 4.43. The van der Waals surface area contributed by atoms with Crippen molar-refractivity contribution in [3.05, 3.63) is 12.1 Å². The molecule has 0 atom stereocenters. The number of unbranched alkanes of at least 4 members (excludes halogenated alkanes) is 9. The Labute approximate surface area is 173 Å². The Morgan fingerprint density at radius 1 is 0.759 bits per heavy atom. The van der Waals surface area contributed by atoms with Crippen molar-refractivity contribution in [1.29, 1.82) is 0 Å². The number of aromatic hydroxyl groups is 2. The van der Waals surface area contributed by atoms with E-state index in [1.165, 1.54) is 69.9 Å². The molecule has 0 fully saturated rings. The minimum Gasteiger partial charge on any atom is -0.492 e. The topological polar surface area (TPSA) is 99.4 Å². The van der Waals surface area contributed by atoms with E-state index in [-0.39, 0.29) is 13.2 Å². The van der Waals surface area contributed by atoms with Crippen molar-refractivity contribution in [3.8, 4) is 11.8 Å². The van der Waals surface area contributed by atoms with Gasteiger partial charge in [-0.2, -0.15) is 0 Å². The van der Waals surface area contributed by atoms with Crippen LogP contribution in [0.2, 0.25) is 0 Å². The molecule has 0 aliphatic heterocycles. The zero-order valence-corrected chi connectivity index (χ0v) is 17.6. The molecule has 1 rings (SSSR count). The van der Waals surface area contributed by atoms with Gasteiger partial charge in [0.2, 0.25) is 11.8 Å². The Bertz CT molecular complexity index is 514. The van der Waals surface area contributed by atoms with Gasteiger partial charge in [0.1, 0.15) is 6.61 Å². The van der Waals surface area contributed by atoms with Crippen molar-refractivity contribution >= 4 is 6.16 Å². The van der Waals surface area contributed by atoms with Crippen molar-refractivity contribution in [3.63, 3.8) is 0 Å². The SMILES string of the molecule is CCCCCCCCCCCCOCCOCCOC(=O)On1c(O)ccc1O. The third kappa shape index (κ3) is 13.0. The average Bonchev–Trinajstić information content (AvgIpc) is 3.02. The van der Waals surface area contributed by atoms with Gasteiger partial charge < -0.3 is 24.4 Å². The van der Waals surface area contributed by atoms with Gasteiger partial charge in [-0.3, -0.25) is 4.84 Å². The number of rotatable bonds is 18. The lowest BCUT2D eigenvalue weighted by Gasteiger charge is -2.08. The molecule has 168 valence electrons. The van der Waals surface area contributed by atoms with E-state index in [9.17, 15) is 15.0 Å². The summed E-state index contributed by atoms with van der Waals surface area (Å²) in [5.41, 5.74) is 0. The molecule has 0 amide bonds. The first-order valence-electron chi connectivity index (χ1n) is 10.8. The van der Waals surface area contributed by atoms with Crippen LogP contribution < -0.4 is 4.84 Å². The number of nitrogens with zero attached hydrogens (tertiary/aromatic N) is 1. The zero-order valence-electron chi connectivity index (χ0n) is 17.6. The minimum atomic E-state index is -1.05. The van der Waals surface area contributed by atoms with E-state index >= 15 is 0 Å². The lowest BCUT2D eigenvalue weighted by atomic mass is 10.1. The molecule has 0 unspecified atom stereocenters. The summed E-state index contributed by atoms with van der Waals surface area (Å²) < 4.78 is 16.2. The van der Waals surface area contributed by atoms with Crippen LogP contribution in [0.5, 0.6) is 11.8 Å². The molecule has 2 N–H and O–H groups in total. The van der Waals surface area contributed by atoms with Crippen LogP contribution in [0.4, 0.5) is 4.79 Å². The molecule has 0 spiro atoms. The summed E-state index contributed by atoms with van der Waals surface area (Å²) in [6.07, 6.45) is 12.0. The first-order valence-corrected chi connectivity index (χ1v) is 10.8. The maximum atomic E-state index is 11.4. The van der Waals surface area contributed by atoms with Crippen LogP contribution in [0.25, 0.3) is 0 Å². The van der Waals surface area contributed by atoms with Gasteiger partial charge in [0.25, 0.3) is 0 Å². The second-order valence-electron chi connectivity index (χ2n) is 6.94. The zero-order chi connectivity index (χ0) is 21.2. The van der Waals surface area contributed by atoms with Gasteiger partial charge in [-0.1, -0.05) is 64.7 Å². The third-order valence-electron chi connectivity index (χ3n) is 4.43. The summed E-state index contributed by atoms with van der Waals surface area (Å²) in [6.45, 7) is 4.13. The Hall–Kier alpha value is -1.93. The number of ether oxygens (including phenoxy) is 3. The molecule has 1 aromatic heterocycles. The second kappa shape index (κ2) is 17.0. The standard InChI is InChI=1S/C21H37NO7/c1-2-3-4-5-6-7-8-9-10-11-14-26-15-16-27-17-18-28-21(25)29-22-19(23)12-13-20(22)24/h12-13,23-24H,2-11,14-18H2,1H3. The summed E-state index contributed by atoms with van der Waals surface area (Å²) in [5, 5.41) is 18.7. The molecule has 0 aliphatic carbocycles. The fourth-order valence-electron chi connectivity index (χ4n) is 2.79. The Balaban J connectivity index is 1.79. The number of hydrogen-bond acceptors (Lipinski definition) is 7. The van der Waals surface area contributed by atoms with Crippen LogP contribution in [-0.2, 0) is 14.2 Å². The highest BCUT2D eigenvalue weighted by molar-refractivity contribution is 5.60. The molecule has 0 aliphatic rings. The van der Waals surface area contributed by atoms with Crippen molar-refractivity contribution in [1.82, 2.24) is 4.73 Å². The summed E-state index contributed by atoms with van der Waals surface area (Å²) >= 11 is 0. The second-order valence-corrected chi connectivity index (χ2v) is 6.94. The number of hydrogen-bond donors (Lipinski definition) is 2. The smallest absolute Gasteiger partial charge is 0.492 e. The summed E-state index contributed by atoms with van der Waals surface area (Å²) in [5.74, 6) is -0.814. The van der Waals surface area contributed by atoms with Gasteiger partial charge >= 0.3 is 6.16 Å². The Morgan fingerprint density at radius 3 is 1.83 bits per heavy atom. The van der Waals surface area contributed by atoms with E-state index in [0.29, 0.717) is 17.9 Å². The molecular weight excluding hydrogens is 378 g/mol. The molecule has 0 bridgehead atoms. The fraction of sp³-hybridized carbons (Fsp3) is 0.762. The van der Waals surface area contributed by atoms with Crippen molar-refractivity contribution < 1.29 is 34.1 Å². The monoisotopic (exact) mass is 415 g/mol. The van der Waals surface area contributed by atoms with Crippen LogP contribution in [0.3, 0.4) is 0 Å². The van der Waals surface area contributed by atoms with Gasteiger partial charge in [0.05, 0.1) is 19.8 Å². The Kier molecular flexibility index (Phi) is 14.7. The first-order chi connectivity index (χ1) is 14.1. The first kappa shape index (κ1) is 25.1. The van der Waals surface area contributed by atoms with Gasteiger partial charge in [0, 0.05) is 18.7 Å². The van der Waals surface area contributed by atoms with Gasteiger partial charge in [0.15, 0.2) is 0 Å². The van der Waals surface area contributed by atoms with Crippen molar-refractivity contribution in [2.24, 2.45) is 0 Å². The molecule has 0 radical (unpaired) electrons.